The molecule has 0 bridgehead atoms. The van der Waals surface area contributed by atoms with E-state index in [9.17, 15) is 9.59 Å². The Kier molecular flexibility index (Phi) is 4.56. The minimum absolute atomic E-state index is 0.260. The lowest BCUT2D eigenvalue weighted by atomic mass is 10.1. The van der Waals surface area contributed by atoms with E-state index in [4.69, 9.17) is 11.6 Å². The Bertz CT molecular complexity index is 469. The number of hydrogen-bond donors (Lipinski definition) is 0. The molecule has 0 fully saturated rings. The molecule has 1 aromatic rings. The van der Waals surface area contributed by atoms with Crippen LogP contribution in [0.25, 0.3) is 0 Å². The van der Waals surface area contributed by atoms with E-state index >= 15 is 0 Å². The van der Waals surface area contributed by atoms with Gasteiger partial charge in [0.15, 0.2) is 6.29 Å². The van der Waals surface area contributed by atoms with E-state index in [-0.39, 0.29) is 6.61 Å². The second-order valence-electron chi connectivity index (χ2n) is 2.79. The summed E-state index contributed by atoms with van der Waals surface area (Å²) in [6.07, 6.45) is 0.640. The molecule has 0 heterocycles. The van der Waals surface area contributed by atoms with Crippen molar-refractivity contribution in [1.29, 1.82) is 0 Å². The number of aldehydes is 1. The molecule has 0 radical (unpaired) electrons. The van der Waals surface area contributed by atoms with Gasteiger partial charge >= 0.3 is 5.97 Å². The van der Waals surface area contributed by atoms with Crippen molar-refractivity contribution in [3.05, 3.63) is 34.3 Å². The number of hydrogen-bond acceptors (Lipinski definition) is 3. The molecule has 3 nitrogen and oxygen atoms in total. The molecule has 0 spiro atoms. The summed E-state index contributed by atoms with van der Waals surface area (Å²) in [6, 6.07) is 4.82. The lowest BCUT2D eigenvalue weighted by Gasteiger charge is -1.98. The SMILES string of the molecule is CCOC(=O)C#Cc1c(Cl)cccc1C=O. The number of esters is 1. The van der Waals surface area contributed by atoms with Crippen molar-refractivity contribution in [2.24, 2.45) is 0 Å². The van der Waals surface area contributed by atoms with E-state index in [1.54, 1.807) is 25.1 Å². The van der Waals surface area contributed by atoms with Crippen LogP contribution in [0.3, 0.4) is 0 Å². The second-order valence-corrected chi connectivity index (χ2v) is 3.20. The molecule has 0 aromatic heterocycles. The molecule has 0 saturated carbocycles. The molecular formula is C12H9ClO3. The molecule has 1 rings (SSSR count). The Labute approximate surface area is 98.4 Å². The average molecular weight is 237 g/mol. The van der Waals surface area contributed by atoms with Crippen molar-refractivity contribution in [2.45, 2.75) is 6.92 Å². The van der Waals surface area contributed by atoms with Crippen LogP contribution >= 0.6 is 11.6 Å². The third-order valence-corrected chi connectivity index (χ3v) is 2.05. The zero-order valence-corrected chi connectivity index (χ0v) is 9.38. The molecule has 0 aliphatic carbocycles. The monoisotopic (exact) mass is 236 g/mol. The Hall–Kier alpha value is -1.79. The van der Waals surface area contributed by atoms with Crippen LogP contribution in [0.2, 0.25) is 5.02 Å². The Balaban J connectivity index is 3.04. The first-order valence-electron chi connectivity index (χ1n) is 4.61. The molecule has 16 heavy (non-hydrogen) atoms. The van der Waals surface area contributed by atoms with Crippen molar-refractivity contribution < 1.29 is 14.3 Å². The maximum Gasteiger partial charge on any atom is 0.384 e. The van der Waals surface area contributed by atoms with Gasteiger partial charge in [0.25, 0.3) is 0 Å². The van der Waals surface area contributed by atoms with Crippen LogP contribution in [-0.4, -0.2) is 18.9 Å². The first kappa shape index (κ1) is 12.3. The third kappa shape index (κ3) is 3.11. The third-order valence-electron chi connectivity index (χ3n) is 1.74. The summed E-state index contributed by atoms with van der Waals surface area (Å²) >= 11 is 5.86. The molecule has 0 atom stereocenters. The highest BCUT2D eigenvalue weighted by Gasteiger charge is 2.03. The van der Waals surface area contributed by atoms with Gasteiger partial charge in [0.2, 0.25) is 0 Å². The van der Waals surface area contributed by atoms with Gasteiger partial charge in [-0.05, 0) is 13.0 Å². The number of rotatable bonds is 2. The van der Waals surface area contributed by atoms with Gasteiger partial charge in [-0.3, -0.25) is 4.79 Å². The fourth-order valence-corrected chi connectivity index (χ4v) is 1.28. The largest absolute Gasteiger partial charge is 0.456 e. The first-order valence-corrected chi connectivity index (χ1v) is 4.99. The number of carbonyl (C=O) groups is 2. The summed E-state index contributed by atoms with van der Waals surface area (Å²) in [5, 5.41) is 0.335. The smallest absolute Gasteiger partial charge is 0.384 e. The van der Waals surface area contributed by atoms with Gasteiger partial charge in [0.05, 0.1) is 17.2 Å². The number of ether oxygens (including phenoxy) is 1. The Morgan fingerprint density at radius 1 is 1.56 bits per heavy atom. The predicted octanol–water partition coefficient (Wildman–Crippen LogP) is 2.07. The fraction of sp³-hybridized carbons (Fsp3) is 0.167. The van der Waals surface area contributed by atoms with E-state index in [0.29, 0.717) is 22.4 Å². The molecule has 4 heteroatoms. The van der Waals surface area contributed by atoms with Crippen LogP contribution in [0.1, 0.15) is 22.8 Å². The van der Waals surface area contributed by atoms with Gasteiger partial charge in [-0.25, -0.2) is 4.79 Å². The molecule has 1 aromatic carbocycles. The van der Waals surface area contributed by atoms with Gasteiger partial charge in [0, 0.05) is 11.5 Å². The van der Waals surface area contributed by atoms with Gasteiger partial charge in [-0.1, -0.05) is 29.7 Å². The highest BCUT2D eigenvalue weighted by Crippen LogP contribution is 2.17. The standard InChI is InChI=1S/C12H9ClO3/c1-2-16-12(15)7-6-10-9(8-14)4-3-5-11(10)13/h3-5,8H,2H2,1H3. The summed E-state index contributed by atoms with van der Waals surface area (Å²) in [7, 11) is 0. The summed E-state index contributed by atoms with van der Waals surface area (Å²) < 4.78 is 4.63. The van der Waals surface area contributed by atoms with E-state index in [1.165, 1.54) is 0 Å². The Morgan fingerprint density at radius 3 is 2.94 bits per heavy atom. The predicted molar refractivity (Wildman–Crippen MR) is 60.4 cm³/mol. The van der Waals surface area contributed by atoms with Crippen LogP contribution in [0.4, 0.5) is 0 Å². The number of carbonyl (C=O) groups excluding carboxylic acids is 2. The van der Waals surface area contributed by atoms with Crippen molar-refractivity contribution in [2.75, 3.05) is 6.61 Å². The molecule has 0 aliphatic heterocycles. The zero-order valence-electron chi connectivity index (χ0n) is 8.62. The van der Waals surface area contributed by atoms with Crippen LogP contribution < -0.4 is 0 Å². The Morgan fingerprint density at radius 2 is 2.31 bits per heavy atom. The van der Waals surface area contributed by atoms with Crippen molar-refractivity contribution >= 4 is 23.9 Å². The van der Waals surface area contributed by atoms with E-state index in [2.05, 4.69) is 16.6 Å². The van der Waals surface area contributed by atoms with Crippen LogP contribution in [-0.2, 0) is 9.53 Å². The molecule has 0 N–H and O–H groups in total. The summed E-state index contributed by atoms with van der Waals surface area (Å²) in [4.78, 5) is 21.7. The van der Waals surface area contributed by atoms with Crippen molar-refractivity contribution in [1.82, 2.24) is 0 Å². The number of halogens is 1. The maximum absolute atomic E-state index is 11.0. The number of benzene rings is 1. The quantitative estimate of drug-likeness (QED) is 0.449. The fourth-order valence-electron chi connectivity index (χ4n) is 1.05. The van der Waals surface area contributed by atoms with Crippen LogP contribution in [0.15, 0.2) is 18.2 Å². The van der Waals surface area contributed by atoms with E-state index < -0.39 is 5.97 Å². The summed E-state index contributed by atoms with van der Waals surface area (Å²) in [5.41, 5.74) is 0.691. The first-order chi connectivity index (χ1) is 7.69. The molecule has 0 unspecified atom stereocenters. The highest BCUT2D eigenvalue weighted by atomic mass is 35.5. The van der Waals surface area contributed by atoms with Crippen molar-refractivity contribution in [3.8, 4) is 11.8 Å². The topological polar surface area (TPSA) is 43.4 Å². The lowest BCUT2D eigenvalue weighted by Crippen LogP contribution is -2.00. The maximum atomic E-state index is 11.0. The molecular weight excluding hydrogens is 228 g/mol. The average Bonchev–Trinajstić information content (AvgIpc) is 2.27. The molecule has 82 valence electrons. The zero-order chi connectivity index (χ0) is 12.0. The lowest BCUT2D eigenvalue weighted by molar-refractivity contribution is -0.136. The minimum atomic E-state index is -0.640. The normalized spacial score (nSPS) is 8.88. The minimum Gasteiger partial charge on any atom is -0.456 e. The summed E-state index contributed by atoms with van der Waals surface area (Å²) in [6.45, 7) is 1.95. The van der Waals surface area contributed by atoms with Gasteiger partial charge in [-0.15, -0.1) is 0 Å². The second kappa shape index (κ2) is 5.94. The van der Waals surface area contributed by atoms with Gasteiger partial charge < -0.3 is 4.74 Å². The molecule has 0 saturated heterocycles. The van der Waals surface area contributed by atoms with Gasteiger partial charge in [0.1, 0.15) is 0 Å². The van der Waals surface area contributed by atoms with Gasteiger partial charge in [-0.2, -0.15) is 0 Å². The van der Waals surface area contributed by atoms with E-state index in [0.717, 1.165) is 0 Å². The van der Waals surface area contributed by atoms with Crippen molar-refractivity contribution in [3.63, 3.8) is 0 Å². The van der Waals surface area contributed by atoms with Crippen LogP contribution in [0, 0.1) is 11.8 Å². The molecule has 0 aliphatic rings. The summed E-state index contributed by atoms with van der Waals surface area (Å²) in [5.74, 6) is 4.15. The van der Waals surface area contributed by atoms with E-state index in [1.807, 2.05) is 0 Å². The molecule has 0 amide bonds. The highest BCUT2D eigenvalue weighted by molar-refractivity contribution is 6.32. The van der Waals surface area contributed by atoms with Crippen LogP contribution in [0.5, 0.6) is 0 Å².